The van der Waals surface area contributed by atoms with Gasteiger partial charge in [-0.15, -0.1) is 0 Å². The number of thiophene rings is 1. The highest BCUT2D eigenvalue weighted by molar-refractivity contribution is 7.08. The Hall–Kier alpha value is -0.870. The topological polar surface area (TPSA) is 55.1 Å². The van der Waals surface area contributed by atoms with Crippen molar-refractivity contribution >= 4 is 17.2 Å². The van der Waals surface area contributed by atoms with Gasteiger partial charge in [-0.25, -0.2) is 0 Å². The summed E-state index contributed by atoms with van der Waals surface area (Å²) >= 11 is 1.69. The average Bonchev–Trinajstić information content (AvgIpc) is 3.02. The fourth-order valence-corrected chi connectivity index (χ4v) is 4.45. The molecule has 98 valence electrons. The molecule has 0 saturated heterocycles. The molecule has 4 heteroatoms. The summed E-state index contributed by atoms with van der Waals surface area (Å²) in [6.45, 7) is 2.73. The van der Waals surface area contributed by atoms with E-state index < -0.39 is 0 Å². The quantitative estimate of drug-likeness (QED) is 0.878. The van der Waals surface area contributed by atoms with Gasteiger partial charge in [-0.3, -0.25) is 4.79 Å². The molecule has 4 atom stereocenters. The van der Waals surface area contributed by atoms with Crippen LogP contribution in [0.2, 0.25) is 0 Å². The summed E-state index contributed by atoms with van der Waals surface area (Å²) in [6.07, 6.45) is 3.57. The van der Waals surface area contributed by atoms with E-state index in [0.717, 1.165) is 6.42 Å². The number of aryl methyl sites for hydroxylation is 1. The van der Waals surface area contributed by atoms with E-state index in [1.807, 2.05) is 0 Å². The lowest BCUT2D eigenvalue weighted by Crippen LogP contribution is -2.45. The Bertz CT molecular complexity index is 454. The third-order valence-electron chi connectivity index (χ3n) is 4.70. The lowest BCUT2D eigenvalue weighted by Gasteiger charge is -2.27. The second-order valence-electron chi connectivity index (χ2n) is 5.73. The van der Waals surface area contributed by atoms with Gasteiger partial charge in [-0.05, 0) is 59.9 Å². The number of carbonyl (C=O) groups is 1. The molecule has 4 unspecified atom stereocenters. The van der Waals surface area contributed by atoms with Crippen LogP contribution in [-0.2, 0) is 11.3 Å². The van der Waals surface area contributed by atoms with E-state index in [1.165, 1.54) is 24.0 Å². The van der Waals surface area contributed by atoms with Crippen LogP contribution in [-0.4, -0.2) is 11.9 Å². The average molecular weight is 264 g/mol. The van der Waals surface area contributed by atoms with Gasteiger partial charge in [-0.2, -0.15) is 11.3 Å². The molecule has 3 rings (SSSR count). The largest absolute Gasteiger partial charge is 0.352 e. The second kappa shape index (κ2) is 4.67. The zero-order valence-corrected chi connectivity index (χ0v) is 11.5. The number of hydrogen-bond donors (Lipinski definition) is 2. The van der Waals surface area contributed by atoms with Crippen molar-refractivity contribution in [2.24, 2.45) is 23.5 Å². The van der Waals surface area contributed by atoms with Gasteiger partial charge >= 0.3 is 0 Å². The van der Waals surface area contributed by atoms with E-state index in [0.29, 0.717) is 18.4 Å². The van der Waals surface area contributed by atoms with Crippen molar-refractivity contribution in [3.8, 4) is 0 Å². The van der Waals surface area contributed by atoms with Crippen LogP contribution >= 0.6 is 11.3 Å². The molecule has 2 bridgehead atoms. The molecule has 1 aromatic rings. The van der Waals surface area contributed by atoms with Crippen LogP contribution < -0.4 is 11.1 Å². The van der Waals surface area contributed by atoms with Crippen molar-refractivity contribution < 1.29 is 4.79 Å². The molecule has 2 aliphatic carbocycles. The van der Waals surface area contributed by atoms with Crippen molar-refractivity contribution in [3.63, 3.8) is 0 Å². The Morgan fingerprint density at radius 2 is 2.22 bits per heavy atom. The number of hydrogen-bond acceptors (Lipinski definition) is 3. The van der Waals surface area contributed by atoms with Gasteiger partial charge in [0.1, 0.15) is 0 Å². The van der Waals surface area contributed by atoms with Gasteiger partial charge in [0.2, 0.25) is 5.91 Å². The monoisotopic (exact) mass is 264 g/mol. The third-order valence-corrected chi connectivity index (χ3v) is 5.61. The van der Waals surface area contributed by atoms with Gasteiger partial charge in [0.05, 0.1) is 5.92 Å². The van der Waals surface area contributed by atoms with Crippen LogP contribution in [0.25, 0.3) is 0 Å². The number of rotatable bonds is 3. The normalized spacial score (nSPS) is 33.9. The maximum Gasteiger partial charge on any atom is 0.225 e. The van der Waals surface area contributed by atoms with E-state index in [9.17, 15) is 4.79 Å². The maximum atomic E-state index is 12.3. The highest BCUT2D eigenvalue weighted by Crippen LogP contribution is 2.47. The molecule has 0 radical (unpaired) electrons. The summed E-state index contributed by atoms with van der Waals surface area (Å²) in [4.78, 5) is 12.3. The molecule has 1 aromatic heterocycles. The van der Waals surface area contributed by atoms with Crippen molar-refractivity contribution in [1.82, 2.24) is 5.32 Å². The molecule has 1 amide bonds. The summed E-state index contributed by atoms with van der Waals surface area (Å²) in [5.41, 5.74) is 8.67. The Morgan fingerprint density at radius 3 is 2.83 bits per heavy atom. The molecule has 0 aliphatic heterocycles. The minimum Gasteiger partial charge on any atom is -0.352 e. The number of fused-ring (bicyclic) bond motifs is 2. The van der Waals surface area contributed by atoms with Gasteiger partial charge < -0.3 is 11.1 Å². The molecule has 1 heterocycles. The van der Waals surface area contributed by atoms with Crippen molar-refractivity contribution in [2.75, 3.05) is 0 Å². The second-order valence-corrected chi connectivity index (χ2v) is 6.48. The van der Waals surface area contributed by atoms with Crippen molar-refractivity contribution in [1.29, 1.82) is 0 Å². The van der Waals surface area contributed by atoms with Crippen molar-refractivity contribution in [3.05, 3.63) is 21.9 Å². The third kappa shape index (κ3) is 1.97. The number of amides is 1. The predicted octanol–water partition coefficient (Wildman–Crippen LogP) is 2.05. The first-order valence-electron chi connectivity index (χ1n) is 6.71. The first-order chi connectivity index (χ1) is 8.66. The Balaban J connectivity index is 1.61. The van der Waals surface area contributed by atoms with Crippen molar-refractivity contribution in [2.45, 2.75) is 38.8 Å². The lowest BCUT2D eigenvalue weighted by atomic mass is 9.84. The number of carbonyl (C=O) groups excluding carboxylic acids is 1. The highest BCUT2D eigenvalue weighted by Gasteiger charge is 2.48. The highest BCUT2D eigenvalue weighted by atomic mass is 32.1. The molecule has 0 spiro atoms. The Kier molecular flexibility index (Phi) is 3.16. The predicted molar refractivity (Wildman–Crippen MR) is 73.2 cm³/mol. The van der Waals surface area contributed by atoms with Crippen LogP contribution in [0.3, 0.4) is 0 Å². The molecule has 0 aromatic carbocycles. The summed E-state index contributed by atoms with van der Waals surface area (Å²) in [6, 6.07) is 0.0901. The first-order valence-corrected chi connectivity index (χ1v) is 7.66. The van der Waals surface area contributed by atoms with Crippen LogP contribution in [0, 0.1) is 24.7 Å². The van der Waals surface area contributed by atoms with Gasteiger partial charge in [0.15, 0.2) is 0 Å². The molecular weight excluding hydrogens is 244 g/mol. The standard InChI is InChI=1S/C14H20N2OS/c1-8-6-18-7-11(8)5-16-14(17)12-9-2-3-10(4-9)13(12)15/h6-7,9-10,12-13H,2-5,15H2,1H3,(H,16,17). The van der Waals surface area contributed by atoms with Gasteiger partial charge in [-0.1, -0.05) is 0 Å². The molecule has 3 nitrogen and oxygen atoms in total. The zero-order chi connectivity index (χ0) is 12.7. The minimum absolute atomic E-state index is 0.0580. The van der Waals surface area contributed by atoms with Crippen LogP contribution in [0.1, 0.15) is 30.4 Å². The van der Waals surface area contributed by atoms with Crippen LogP contribution in [0.5, 0.6) is 0 Å². The van der Waals surface area contributed by atoms with Gasteiger partial charge in [0, 0.05) is 12.6 Å². The van der Waals surface area contributed by atoms with Gasteiger partial charge in [0.25, 0.3) is 0 Å². The van der Waals surface area contributed by atoms with Crippen LogP contribution in [0.15, 0.2) is 10.8 Å². The first kappa shape index (κ1) is 12.2. The molecule has 2 fully saturated rings. The SMILES string of the molecule is Cc1cscc1CNC(=O)C1C2CCC(C2)C1N. The Labute approximate surface area is 112 Å². The summed E-state index contributed by atoms with van der Waals surface area (Å²) in [5.74, 6) is 1.35. The fourth-order valence-electron chi connectivity index (χ4n) is 3.59. The summed E-state index contributed by atoms with van der Waals surface area (Å²) in [5, 5.41) is 7.29. The van der Waals surface area contributed by atoms with E-state index in [-0.39, 0.29) is 17.9 Å². The lowest BCUT2D eigenvalue weighted by molar-refractivity contribution is -0.127. The van der Waals surface area contributed by atoms with E-state index in [4.69, 9.17) is 5.73 Å². The number of nitrogens with one attached hydrogen (secondary N) is 1. The van der Waals surface area contributed by atoms with E-state index in [2.05, 4.69) is 23.0 Å². The van der Waals surface area contributed by atoms with Crippen LogP contribution in [0.4, 0.5) is 0 Å². The van der Waals surface area contributed by atoms with E-state index in [1.54, 1.807) is 11.3 Å². The molecule has 2 aliphatic rings. The molecule has 18 heavy (non-hydrogen) atoms. The zero-order valence-electron chi connectivity index (χ0n) is 10.7. The fraction of sp³-hybridized carbons (Fsp3) is 0.643. The maximum absolute atomic E-state index is 12.3. The molecule has 2 saturated carbocycles. The molecular formula is C14H20N2OS. The summed E-state index contributed by atoms with van der Waals surface area (Å²) in [7, 11) is 0. The smallest absolute Gasteiger partial charge is 0.225 e. The minimum atomic E-state index is 0.0580. The number of nitrogens with two attached hydrogens (primary N) is 1. The summed E-state index contributed by atoms with van der Waals surface area (Å²) < 4.78 is 0. The Morgan fingerprint density at radius 1 is 1.44 bits per heavy atom. The molecule has 3 N–H and O–H groups in total. The van der Waals surface area contributed by atoms with E-state index >= 15 is 0 Å².